The number of furan rings is 1. The maximum Gasteiger partial charge on any atom is 0.226 e. The summed E-state index contributed by atoms with van der Waals surface area (Å²) in [5, 5.41) is 2.02. The number of nitrogens with zero attached hydrogens (tertiary/aromatic N) is 3. The van der Waals surface area contributed by atoms with Gasteiger partial charge >= 0.3 is 0 Å². The summed E-state index contributed by atoms with van der Waals surface area (Å²) in [4.78, 5) is 20.4. The average molecular weight is 351 g/mol. The highest BCUT2D eigenvalue weighted by molar-refractivity contribution is 5.87. The SMILES string of the molecule is c1cnc2cc(-c3ccc4cc(-c5ccc6ccoc6n5)[nH]c4n3)[nH]c2c1. The molecule has 6 nitrogen and oxygen atoms in total. The number of aromatic amines is 2. The van der Waals surface area contributed by atoms with Gasteiger partial charge in [0.15, 0.2) is 0 Å². The van der Waals surface area contributed by atoms with Crippen LogP contribution in [0.4, 0.5) is 0 Å². The van der Waals surface area contributed by atoms with E-state index in [1.165, 1.54) is 0 Å². The number of fused-ring (bicyclic) bond motifs is 3. The Hall–Kier alpha value is -3.93. The van der Waals surface area contributed by atoms with Crippen molar-refractivity contribution in [1.29, 1.82) is 0 Å². The number of rotatable bonds is 2. The van der Waals surface area contributed by atoms with E-state index in [0.717, 1.165) is 50.2 Å². The molecular formula is C21H13N5O. The molecule has 128 valence electrons. The molecule has 0 unspecified atom stereocenters. The monoisotopic (exact) mass is 351 g/mol. The Balaban J connectivity index is 1.46. The van der Waals surface area contributed by atoms with Crippen LogP contribution in [0.2, 0.25) is 0 Å². The first-order valence-corrected chi connectivity index (χ1v) is 8.62. The van der Waals surface area contributed by atoms with E-state index in [1.807, 2.05) is 42.5 Å². The number of pyridine rings is 3. The summed E-state index contributed by atoms with van der Waals surface area (Å²) in [6.07, 6.45) is 3.44. The minimum atomic E-state index is 0.630. The number of aromatic nitrogens is 5. The fraction of sp³-hybridized carbons (Fsp3) is 0. The molecule has 0 aliphatic heterocycles. The van der Waals surface area contributed by atoms with Crippen LogP contribution in [0.1, 0.15) is 0 Å². The summed E-state index contributed by atoms with van der Waals surface area (Å²) in [6, 6.07) is 17.9. The van der Waals surface area contributed by atoms with Gasteiger partial charge in [0, 0.05) is 17.0 Å². The van der Waals surface area contributed by atoms with Crippen molar-refractivity contribution in [3.05, 3.63) is 67.1 Å². The van der Waals surface area contributed by atoms with Gasteiger partial charge in [0.05, 0.1) is 40.1 Å². The van der Waals surface area contributed by atoms with Gasteiger partial charge in [-0.1, -0.05) is 0 Å². The van der Waals surface area contributed by atoms with Crippen molar-refractivity contribution in [1.82, 2.24) is 24.9 Å². The van der Waals surface area contributed by atoms with Gasteiger partial charge in [0.2, 0.25) is 5.71 Å². The zero-order valence-corrected chi connectivity index (χ0v) is 14.1. The van der Waals surface area contributed by atoms with E-state index in [1.54, 1.807) is 12.5 Å². The molecule has 0 fully saturated rings. The maximum atomic E-state index is 5.41. The third-order valence-electron chi connectivity index (χ3n) is 4.74. The molecule has 0 aromatic carbocycles. The Morgan fingerprint density at radius 3 is 2.56 bits per heavy atom. The molecule has 0 aliphatic carbocycles. The first kappa shape index (κ1) is 14.3. The zero-order chi connectivity index (χ0) is 17.8. The third-order valence-corrected chi connectivity index (χ3v) is 4.74. The van der Waals surface area contributed by atoms with Crippen molar-refractivity contribution in [2.45, 2.75) is 0 Å². The lowest BCUT2D eigenvalue weighted by molar-refractivity contribution is 0.603. The van der Waals surface area contributed by atoms with E-state index in [-0.39, 0.29) is 0 Å². The van der Waals surface area contributed by atoms with Gasteiger partial charge in [-0.15, -0.1) is 0 Å². The molecule has 2 N–H and O–H groups in total. The van der Waals surface area contributed by atoms with Crippen LogP contribution in [0, 0.1) is 0 Å². The highest BCUT2D eigenvalue weighted by atomic mass is 16.3. The van der Waals surface area contributed by atoms with Crippen LogP contribution in [0.15, 0.2) is 71.5 Å². The number of H-pyrrole nitrogens is 2. The molecule has 6 heteroatoms. The number of nitrogens with one attached hydrogen (secondary N) is 2. The van der Waals surface area contributed by atoms with Gasteiger partial charge in [-0.05, 0) is 54.6 Å². The summed E-state index contributed by atoms with van der Waals surface area (Å²) in [6.45, 7) is 0. The van der Waals surface area contributed by atoms with E-state index in [4.69, 9.17) is 9.40 Å². The van der Waals surface area contributed by atoms with Gasteiger partial charge in [-0.3, -0.25) is 4.98 Å². The molecule has 0 radical (unpaired) electrons. The lowest BCUT2D eigenvalue weighted by atomic mass is 10.2. The van der Waals surface area contributed by atoms with Crippen molar-refractivity contribution in [2.24, 2.45) is 0 Å². The summed E-state index contributed by atoms with van der Waals surface area (Å²) in [5.74, 6) is 0. The van der Waals surface area contributed by atoms with Crippen LogP contribution in [-0.2, 0) is 0 Å². The molecule has 0 spiro atoms. The Morgan fingerprint density at radius 1 is 0.778 bits per heavy atom. The van der Waals surface area contributed by atoms with Crippen LogP contribution < -0.4 is 0 Å². The van der Waals surface area contributed by atoms with Crippen LogP contribution in [-0.4, -0.2) is 24.9 Å². The Morgan fingerprint density at radius 2 is 1.63 bits per heavy atom. The van der Waals surface area contributed by atoms with Gasteiger partial charge in [0.1, 0.15) is 5.65 Å². The second-order valence-electron chi connectivity index (χ2n) is 6.45. The Kier molecular flexibility index (Phi) is 2.79. The molecule has 0 amide bonds. The van der Waals surface area contributed by atoms with E-state index < -0.39 is 0 Å². The van der Waals surface area contributed by atoms with Crippen LogP contribution in [0.5, 0.6) is 0 Å². The van der Waals surface area contributed by atoms with Crippen LogP contribution in [0.3, 0.4) is 0 Å². The fourth-order valence-corrected chi connectivity index (χ4v) is 3.38. The van der Waals surface area contributed by atoms with Crippen LogP contribution in [0.25, 0.3) is 55.9 Å². The van der Waals surface area contributed by atoms with Gasteiger partial charge < -0.3 is 14.4 Å². The molecule has 0 aliphatic rings. The summed E-state index contributed by atoms with van der Waals surface area (Å²) in [7, 11) is 0. The van der Waals surface area contributed by atoms with E-state index in [0.29, 0.717) is 5.71 Å². The van der Waals surface area contributed by atoms with Crippen molar-refractivity contribution >= 4 is 33.2 Å². The fourth-order valence-electron chi connectivity index (χ4n) is 3.38. The molecule has 27 heavy (non-hydrogen) atoms. The van der Waals surface area contributed by atoms with Crippen LogP contribution >= 0.6 is 0 Å². The first-order chi connectivity index (χ1) is 13.3. The standard InChI is InChI=1S/C21H13N5O/c1-2-14-17(22-8-1)11-19(23-14)15-6-4-13-10-18(25-20(13)24-15)16-5-3-12-7-9-27-21(12)26-16/h1-11,23H,(H,24,25). The van der Waals surface area contributed by atoms with Gasteiger partial charge in [-0.2, -0.15) is 0 Å². The summed E-state index contributed by atoms with van der Waals surface area (Å²) in [5.41, 5.74) is 6.91. The lowest BCUT2D eigenvalue weighted by Crippen LogP contribution is -1.85. The Labute approximate surface area is 152 Å². The predicted molar refractivity (Wildman–Crippen MR) is 104 cm³/mol. The first-order valence-electron chi connectivity index (χ1n) is 8.62. The smallest absolute Gasteiger partial charge is 0.226 e. The average Bonchev–Trinajstić information content (AvgIpc) is 3.42. The molecule has 0 saturated heterocycles. The molecule has 0 bridgehead atoms. The summed E-state index contributed by atoms with van der Waals surface area (Å²) >= 11 is 0. The lowest BCUT2D eigenvalue weighted by Gasteiger charge is -1.97. The quantitative estimate of drug-likeness (QED) is 0.464. The van der Waals surface area contributed by atoms with Crippen molar-refractivity contribution < 1.29 is 4.42 Å². The number of hydrogen-bond acceptors (Lipinski definition) is 4. The second kappa shape index (κ2) is 5.28. The highest BCUT2D eigenvalue weighted by Crippen LogP contribution is 2.27. The van der Waals surface area contributed by atoms with E-state index in [2.05, 4.69) is 32.1 Å². The Bertz CT molecular complexity index is 1410. The predicted octanol–water partition coefficient (Wildman–Crippen LogP) is 4.91. The molecular weight excluding hydrogens is 338 g/mol. The molecule has 0 atom stereocenters. The molecule has 6 rings (SSSR count). The zero-order valence-electron chi connectivity index (χ0n) is 14.1. The van der Waals surface area contributed by atoms with Gasteiger partial charge in [-0.25, -0.2) is 9.97 Å². The maximum absolute atomic E-state index is 5.41. The minimum Gasteiger partial charge on any atom is -0.446 e. The number of hydrogen-bond donors (Lipinski definition) is 2. The molecule has 6 aromatic rings. The molecule has 6 aromatic heterocycles. The third kappa shape index (κ3) is 2.23. The normalized spacial score (nSPS) is 11.7. The van der Waals surface area contributed by atoms with Crippen molar-refractivity contribution in [2.75, 3.05) is 0 Å². The molecule has 6 heterocycles. The van der Waals surface area contributed by atoms with Crippen molar-refractivity contribution in [3.63, 3.8) is 0 Å². The second-order valence-corrected chi connectivity index (χ2v) is 6.45. The van der Waals surface area contributed by atoms with E-state index in [9.17, 15) is 0 Å². The highest BCUT2D eigenvalue weighted by Gasteiger charge is 2.10. The summed E-state index contributed by atoms with van der Waals surface area (Å²) < 4.78 is 5.41. The van der Waals surface area contributed by atoms with E-state index >= 15 is 0 Å². The van der Waals surface area contributed by atoms with Gasteiger partial charge in [0.25, 0.3) is 0 Å². The topological polar surface area (TPSA) is 83.4 Å². The molecule has 0 saturated carbocycles. The van der Waals surface area contributed by atoms with Crippen molar-refractivity contribution in [3.8, 4) is 22.8 Å². The largest absolute Gasteiger partial charge is 0.446 e. The minimum absolute atomic E-state index is 0.630.